The van der Waals surface area contributed by atoms with Gasteiger partial charge in [-0.1, -0.05) is 11.8 Å². The number of piperidine rings is 1. The summed E-state index contributed by atoms with van der Waals surface area (Å²) >= 11 is 1.58. The molecule has 0 amide bonds. The third-order valence-corrected chi connectivity index (χ3v) is 3.75. The van der Waals surface area contributed by atoms with Gasteiger partial charge in [0.25, 0.3) is 0 Å². The molecule has 2 heterocycles. The smallest absolute Gasteiger partial charge is 0.189 e. The van der Waals surface area contributed by atoms with E-state index in [1.165, 1.54) is 0 Å². The second-order valence-corrected chi connectivity index (χ2v) is 5.24. The molecule has 0 radical (unpaired) electrons. The first-order chi connectivity index (χ1) is 8.22. The SMILES string of the molecule is CSc1nc(C)cc(N2CCC(CO)CC2)n1. The van der Waals surface area contributed by atoms with E-state index in [1.54, 1.807) is 11.8 Å². The summed E-state index contributed by atoms with van der Waals surface area (Å²) < 4.78 is 0. The van der Waals surface area contributed by atoms with Crippen molar-refractivity contribution < 1.29 is 5.11 Å². The van der Waals surface area contributed by atoms with Crippen LogP contribution < -0.4 is 4.90 Å². The van der Waals surface area contributed by atoms with Crippen molar-refractivity contribution in [1.82, 2.24) is 9.97 Å². The number of aliphatic hydroxyl groups is 1. The number of hydrogen-bond donors (Lipinski definition) is 1. The van der Waals surface area contributed by atoms with E-state index in [0.29, 0.717) is 12.5 Å². The van der Waals surface area contributed by atoms with Crippen LogP contribution >= 0.6 is 11.8 Å². The van der Waals surface area contributed by atoms with Gasteiger partial charge in [-0.05, 0) is 31.9 Å². The van der Waals surface area contributed by atoms with E-state index >= 15 is 0 Å². The summed E-state index contributed by atoms with van der Waals surface area (Å²) in [6, 6.07) is 2.04. The minimum absolute atomic E-state index is 0.312. The Balaban J connectivity index is 2.10. The van der Waals surface area contributed by atoms with Crippen LogP contribution in [0, 0.1) is 12.8 Å². The fraction of sp³-hybridized carbons (Fsp3) is 0.667. The third-order valence-electron chi connectivity index (χ3n) is 3.20. The molecule has 0 aromatic carbocycles. The van der Waals surface area contributed by atoms with Crippen molar-refractivity contribution in [1.29, 1.82) is 0 Å². The van der Waals surface area contributed by atoms with E-state index in [4.69, 9.17) is 5.11 Å². The molecule has 0 atom stereocenters. The molecule has 1 aliphatic heterocycles. The summed E-state index contributed by atoms with van der Waals surface area (Å²) in [7, 11) is 0. The summed E-state index contributed by atoms with van der Waals surface area (Å²) in [6.07, 6.45) is 4.10. The summed E-state index contributed by atoms with van der Waals surface area (Å²) in [4.78, 5) is 11.2. The molecule has 94 valence electrons. The molecule has 1 N–H and O–H groups in total. The second kappa shape index (κ2) is 5.69. The zero-order valence-corrected chi connectivity index (χ0v) is 11.2. The molecule has 17 heavy (non-hydrogen) atoms. The summed E-state index contributed by atoms with van der Waals surface area (Å²) in [5.41, 5.74) is 1.02. The topological polar surface area (TPSA) is 49.2 Å². The standard InChI is InChI=1S/C12H19N3OS/c1-9-7-11(14-12(13-9)17-2)15-5-3-10(8-16)4-6-15/h7,10,16H,3-6,8H2,1-2H3. The largest absolute Gasteiger partial charge is 0.396 e. The number of aromatic nitrogens is 2. The number of rotatable bonds is 3. The number of thioether (sulfide) groups is 1. The van der Waals surface area contributed by atoms with Crippen molar-refractivity contribution >= 4 is 17.6 Å². The normalized spacial score (nSPS) is 17.5. The monoisotopic (exact) mass is 253 g/mol. The summed E-state index contributed by atoms with van der Waals surface area (Å²) in [5.74, 6) is 1.49. The lowest BCUT2D eigenvalue weighted by Crippen LogP contribution is -2.35. The van der Waals surface area contributed by atoms with Gasteiger partial charge in [0.1, 0.15) is 5.82 Å². The Labute approximate surface area is 106 Å². The number of nitrogens with zero attached hydrogens (tertiary/aromatic N) is 3. The fourth-order valence-corrected chi connectivity index (χ4v) is 2.54. The number of aliphatic hydroxyl groups excluding tert-OH is 1. The molecule has 1 saturated heterocycles. The third kappa shape index (κ3) is 3.10. The van der Waals surface area contributed by atoms with Crippen LogP contribution in [-0.4, -0.2) is 41.0 Å². The van der Waals surface area contributed by atoms with Crippen LogP contribution in [0.2, 0.25) is 0 Å². The zero-order chi connectivity index (χ0) is 12.3. The summed E-state index contributed by atoms with van der Waals surface area (Å²) in [6.45, 7) is 4.28. The lowest BCUT2D eigenvalue weighted by Gasteiger charge is -2.32. The quantitative estimate of drug-likeness (QED) is 0.656. The van der Waals surface area contributed by atoms with E-state index in [0.717, 1.165) is 42.6 Å². The van der Waals surface area contributed by atoms with E-state index in [9.17, 15) is 0 Å². The fourth-order valence-electron chi connectivity index (χ4n) is 2.12. The maximum Gasteiger partial charge on any atom is 0.189 e. The van der Waals surface area contributed by atoms with Crippen molar-refractivity contribution in [3.63, 3.8) is 0 Å². The number of hydrogen-bond acceptors (Lipinski definition) is 5. The van der Waals surface area contributed by atoms with Gasteiger partial charge >= 0.3 is 0 Å². The second-order valence-electron chi connectivity index (χ2n) is 4.47. The molecule has 0 bridgehead atoms. The number of anilines is 1. The van der Waals surface area contributed by atoms with Crippen molar-refractivity contribution in [2.75, 3.05) is 30.9 Å². The van der Waals surface area contributed by atoms with Crippen LogP contribution in [-0.2, 0) is 0 Å². The van der Waals surface area contributed by atoms with Crippen molar-refractivity contribution in [2.45, 2.75) is 24.9 Å². The van der Waals surface area contributed by atoms with Gasteiger partial charge in [-0.25, -0.2) is 9.97 Å². The molecule has 0 aliphatic carbocycles. The first-order valence-corrected chi connectivity index (χ1v) is 7.21. The lowest BCUT2D eigenvalue weighted by molar-refractivity contribution is 0.202. The maximum absolute atomic E-state index is 9.13. The zero-order valence-electron chi connectivity index (χ0n) is 10.4. The average molecular weight is 253 g/mol. The molecule has 1 aromatic rings. The minimum atomic E-state index is 0.312. The Morgan fingerprint density at radius 2 is 2.12 bits per heavy atom. The van der Waals surface area contributed by atoms with E-state index < -0.39 is 0 Å². The maximum atomic E-state index is 9.13. The van der Waals surface area contributed by atoms with E-state index in [2.05, 4.69) is 14.9 Å². The van der Waals surface area contributed by atoms with Crippen LogP contribution in [0.1, 0.15) is 18.5 Å². The van der Waals surface area contributed by atoms with Crippen LogP contribution in [0.4, 0.5) is 5.82 Å². The molecular formula is C12H19N3OS. The Morgan fingerprint density at radius 3 is 2.71 bits per heavy atom. The Hall–Kier alpha value is -0.810. The van der Waals surface area contributed by atoms with E-state index in [-0.39, 0.29) is 0 Å². The highest BCUT2D eigenvalue weighted by Crippen LogP contribution is 2.23. The highest BCUT2D eigenvalue weighted by atomic mass is 32.2. The van der Waals surface area contributed by atoms with Gasteiger partial charge in [0, 0.05) is 31.5 Å². The first kappa shape index (κ1) is 12.6. The molecule has 1 aromatic heterocycles. The van der Waals surface area contributed by atoms with Crippen molar-refractivity contribution in [3.05, 3.63) is 11.8 Å². The van der Waals surface area contributed by atoms with Crippen LogP contribution in [0.15, 0.2) is 11.2 Å². The molecule has 0 unspecified atom stereocenters. The van der Waals surface area contributed by atoms with E-state index in [1.807, 2.05) is 19.2 Å². The summed E-state index contributed by atoms with van der Waals surface area (Å²) in [5, 5.41) is 9.96. The molecule has 0 saturated carbocycles. The molecule has 4 nitrogen and oxygen atoms in total. The molecule has 0 spiro atoms. The van der Waals surface area contributed by atoms with Gasteiger partial charge < -0.3 is 10.0 Å². The first-order valence-electron chi connectivity index (χ1n) is 5.98. The van der Waals surface area contributed by atoms with Crippen molar-refractivity contribution in [2.24, 2.45) is 5.92 Å². The Bertz CT molecular complexity index is 378. The highest BCUT2D eigenvalue weighted by molar-refractivity contribution is 7.98. The minimum Gasteiger partial charge on any atom is -0.396 e. The molecule has 5 heteroatoms. The van der Waals surface area contributed by atoms with Crippen LogP contribution in [0.3, 0.4) is 0 Å². The van der Waals surface area contributed by atoms with Gasteiger partial charge in [-0.15, -0.1) is 0 Å². The van der Waals surface area contributed by atoms with Gasteiger partial charge in [-0.2, -0.15) is 0 Å². The predicted molar refractivity (Wildman–Crippen MR) is 70.6 cm³/mol. The van der Waals surface area contributed by atoms with Crippen molar-refractivity contribution in [3.8, 4) is 0 Å². The molecule has 2 rings (SSSR count). The lowest BCUT2D eigenvalue weighted by atomic mass is 9.98. The number of aryl methyl sites for hydroxylation is 1. The van der Waals surface area contributed by atoms with Gasteiger partial charge in [-0.3, -0.25) is 0 Å². The molecular weight excluding hydrogens is 234 g/mol. The van der Waals surface area contributed by atoms with Crippen LogP contribution in [0.5, 0.6) is 0 Å². The van der Waals surface area contributed by atoms with Gasteiger partial charge in [0.15, 0.2) is 5.16 Å². The molecule has 1 aliphatic rings. The van der Waals surface area contributed by atoms with Gasteiger partial charge in [0.2, 0.25) is 0 Å². The molecule has 1 fully saturated rings. The Kier molecular flexibility index (Phi) is 4.23. The van der Waals surface area contributed by atoms with Crippen LogP contribution in [0.25, 0.3) is 0 Å². The van der Waals surface area contributed by atoms with Gasteiger partial charge in [0.05, 0.1) is 0 Å². The highest BCUT2D eigenvalue weighted by Gasteiger charge is 2.20. The average Bonchev–Trinajstić information content (AvgIpc) is 2.38. The predicted octanol–water partition coefficient (Wildman–Crippen LogP) is 1.72. The Morgan fingerprint density at radius 1 is 1.41 bits per heavy atom.